The molecular weight excluding hydrogens is 248 g/mol. The molecule has 0 bridgehead atoms. The van der Waals surface area contributed by atoms with Crippen molar-refractivity contribution >= 4 is 10.0 Å². The molecule has 0 aromatic heterocycles. The van der Waals surface area contributed by atoms with E-state index in [1.165, 1.54) is 19.3 Å². The number of hydrogen-bond donors (Lipinski definition) is 1. The van der Waals surface area contributed by atoms with Gasteiger partial charge in [0, 0.05) is 12.6 Å². The second-order valence-electron chi connectivity index (χ2n) is 5.02. The second kappa shape index (κ2) is 8.12. The molecule has 1 aliphatic carbocycles. The Morgan fingerprint density at radius 1 is 1.17 bits per heavy atom. The summed E-state index contributed by atoms with van der Waals surface area (Å²) in [6, 6.07) is 0.257. The van der Waals surface area contributed by atoms with Gasteiger partial charge in [-0.25, -0.2) is 8.42 Å². The van der Waals surface area contributed by atoms with E-state index in [9.17, 15) is 8.42 Å². The van der Waals surface area contributed by atoms with Crippen LogP contribution in [-0.4, -0.2) is 44.2 Å². The molecule has 0 saturated heterocycles. The van der Waals surface area contributed by atoms with E-state index in [0.29, 0.717) is 13.0 Å². The standard InChI is InChI=1S/C13H28N2O2S/c1-3-14-11-8-12-18(16,17)15(4-2)13-9-6-5-7-10-13/h13-14H,3-12H2,1-2H3. The van der Waals surface area contributed by atoms with Gasteiger partial charge in [-0.2, -0.15) is 4.31 Å². The van der Waals surface area contributed by atoms with E-state index in [1.54, 1.807) is 4.31 Å². The number of nitrogens with one attached hydrogen (secondary N) is 1. The predicted molar refractivity (Wildman–Crippen MR) is 76.2 cm³/mol. The molecule has 1 N–H and O–H groups in total. The number of sulfonamides is 1. The topological polar surface area (TPSA) is 49.4 Å². The maximum absolute atomic E-state index is 12.3. The number of rotatable bonds is 8. The first-order valence-corrected chi connectivity index (χ1v) is 8.93. The van der Waals surface area contributed by atoms with Crippen molar-refractivity contribution in [3.63, 3.8) is 0 Å². The highest BCUT2D eigenvalue weighted by atomic mass is 32.2. The van der Waals surface area contributed by atoms with E-state index < -0.39 is 10.0 Å². The molecule has 0 aromatic rings. The van der Waals surface area contributed by atoms with Crippen LogP contribution in [0, 0.1) is 0 Å². The highest BCUT2D eigenvalue weighted by molar-refractivity contribution is 7.89. The van der Waals surface area contributed by atoms with Gasteiger partial charge in [0.25, 0.3) is 0 Å². The average molecular weight is 276 g/mol. The Balaban J connectivity index is 2.50. The normalized spacial score (nSPS) is 18.4. The summed E-state index contributed by atoms with van der Waals surface area (Å²) in [6.45, 7) is 6.30. The minimum atomic E-state index is -3.06. The van der Waals surface area contributed by atoms with E-state index in [0.717, 1.165) is 25.9 Å². The van der Waals surface area contributed by atoms with Gasteiger partial charge < -0.3 is 5.32 Å². The molecule has 5 heteroatoms. The summed E-state index contributed by atoms with van der Waals surface area (Å²) in [5.74, 6) is 0.282. The highest BCUT2D eigenvalue weighted by Gasteiger charge is 2.28. The van der Waals surface area contributed by atoms with Crippen molar-refractivity contribution < 1.29 is 8.42 Å². The Morgan fingerprint density at radius 3 is 2.39 bits per heavy atom. The van der Waals surface area contributed by atoms with Gasteiger partial charge in [0.2, 0.25) is 10.0 Å². The van der Waals surface area contributed by atoms with E-state index in [-0.39, 0.29) is 11.8 Å². The lowest BCUT2D eigenvalue weighted by molar-refractivity contribution is 0.261. The van der Waals surface area contributed by atoms with Gasteiger partial charge in [-0.3, -0.25) is 0 Å². The first-order valence-electron chi connectivity index (χ1n) is 7.32. The molecule has 1 fully saturated rings. The molecule has 0 heterocycles. The molecule has 0 amide bonds. The molecule has 0 radical (unpaired) electrons. The zero-order valence-corrected chi connectivity index (χ0v) is 12.6. The van der Waals surface area contributed by atoms with Gasteiger partial charge in [-0.15, -0.1) is 0 Å². The van der Waals surface area contributed by atoms with Crippen LogP contribution in [-0.2, 0) is 10.0 Å². The van der Waals surface area contributed by atoms with Crippen molar-refractivity contribution in [2.75, 3.05) is 25.4 Å². The van der Waals surface area contributed by atoms with Gasteiger partial charge in [0.1, 0.15) is 0 Å². The molecule has 4 nitrogen and oxygen atoms in total. The van der Waals surface area contributed by atoms with Crippen LogP contribution in [0.15, 0.2) is 0 Å². The fraction of sp³-hybridized carbons (Fsp3) is 1.00. The van der Waals surface area contributed by atoms with Gasteiger partial charge >= 0.3 is 0 Å². The van der Waals surface area contributed by atoms with Crippen LogP contribution in [0.25, 0.3) is 0 Å². The van der Waals surface area contributed by atoms with Crippen LogP contribution < -0.4 is 5.32 Å². The number of nitrogens with zero attached hydrogens (tertiary/aromatic N) is 1. The summed E-state index contributed by atoms with van der Waals surface area (Å²) in [5.41, 5.74) is 0. The first-order chi connectivity index (χ1) is 8.61. The molecule has 1 rings (SSSR count). The zero-order valence-electron chi connectivity index (χ0n) is 11.8. The summed E-state index contributed by atoms with van der Waals surface area (Å²) in [5, 5.41) is 3.17. The third-order valence-electron chi connectivity index (χ3n) is 3.66. The Kier molecular flexibility index (Phi) is 7.19. The Labute approximate surface area is 112 Å². The quantitative estimate of drug-likeness (QED) is 0.690. The molecule has 18 heavy (non-hydrogen) atoms. The molecule has 0 spiro atoms. The molecule has 0 aliphatic heterocycles. The van der Waals surface area contributed by atoms with Crippen LogP contribution in [0.5, 0.6) is 0 Å². The highest BCUT2D eigenvalue weighted by Crippen LogP contribution is 2.24. The predicted octanol–water partition coefficient (Wildman–Crippen LogP) is 1.97. The van der Waals surface area contributed by atoms with Crippen LogP contribution in [0.1, 0.15) is 52.4 Å². The van der Waals surface area contributed by atoms with Crippen molar-refractivity contribution in [2.24, 2.45) is 0 Å². The molecule has 108 valence electrons. The fourth-order valence-electron chi connectivity index (χ4n) is 2.72. The van der Waals surface area contributed by atoms with Gasteiger partial charge in [0.15, 0.2) is 0 Å². The smallest absolute Gasteiger partial charge is 0.214 e. The maximum Gasteiger partial charge on any atom is 0.214 e. The van der Waals surface area contributed by atoms with Gasteiger partial charge in [-0.1, -0.05) is 33.1 Å². The summed E-state index contributed by atoms with van der Waals surface area (Å²) >= 11 is 0. The molecule has 1 aliphatic rings. The van der Waals surface area contributed by atoms with Gasteiger partial charge in [0.05, 0.1) is 5.75 Å². The van der Waals surface area contributed by atoms with Crippen LogP contribution in [0.3, 0.4) is 0 Å². The summed E-state index contributed by atoms with van der Waals surface area (Å²) in [7, 11) is -3.06. The fourth-order valence-corrected chi connectivity index (χ4v) is 4.53. The Morgan fingerprint density at radius 2 is 1.83 bits per heavy atom. The molecule has 0 unspecified atom stereocenters. The first kappa shape index (κ1) is 15.9. The minimum absolute atomic E-state index is 0.257. The lowest BCUT2D eigenvalue weighted by atomic mass is 9.95. The van der Waals surface area contributed by atoms with Crippen molar-refractivity contribution in [1.82, 2.24) is 9.62 Å². The van der Waals surface area contributed by atoms with Crippen LogP contribution in [0.2, 0.25) is 0 Å². The average Bonchev–Trinajstić information content (AvgIpc) is 2.36. The third kappa shape index (κ3) is 4.86. The molecular formula is C13H28N2O2S. The monoisotopic (exact) mass is 276 g/mol. The zero-order chi connectivity index (χ0) is 13.4. The molecule has 0 aromatic carbocycles. The lowest BCUT2D eigenvalue weighted by Crippen LogP contribution is -2.42. The number of hydrogen-bond acceptors (Lipinski definition) is 3. The van der Waals surface area contributed by atoms with E-state index in [2.05, 4.69) is 5.32 Å². The lowest BCUT2D eigenvalue weighted by Gasteiger charge is -2.32. The molecule has 1 saturated carbocycles. The Hall–Kier alpha value is -0.130. The van der Waals surface area contributed by atoms with Crippen LogP contribution >= 0.6 is 0 Å². The van der Waals surface area contributed by atoms with Crippen molar-refractivity contribution in [3.8, 4) is 0 Å². The van der Waals surface area contributed by atoms with Crippen molar-refractivity contribution in [2.45, 2.75) is 58.4 Å². The summed E-state index contributed by atoms with van der Waals surface area (Å²) in [4.78, 5) is 0. The minimum Gasteiger partial charge on any atom is -0.317 e. The third-order valence-corrected chi connectivity index (χ3v) is 5.73. The maximum atomic E-state index is 12.3. The van der Waals surface area contributed by atoms with Crippen molar-refractivity contribution in [3.05, 3.63) is 0 Å². The summed E-state index contributed by atoms with van der Waals surface area (Å²) in [6.07, 6.45) is 6.40. The second-order valence-corrected chi connectivity index (χ2v) is 7.06. The summed E-state index contributed by atoms with van der Waals surface area (Å²) < 4.78 is 26.4. The van der Waals surface area contributed by atoms with E-state index in [1.807, 2.05) is 13.8 Å². The Bertz CT molecular complexity index is 311. The van der Waals surface area contributed by atoms with Gasteiger partial charge in [-0.05, 0) is 32.4 Å². The van der Waals surface area contributed by atoms with E-state index >= 15 is 0 Å². The molecule has 0 atom stereocenters. The van der Waals surface area contributed by atoms with Crippen molar-refractivity contribution in [1.29, 1.82) is 0 Å². The van der Waals surface area contributed by atoms with E-state index in [4.69, 9.17) is 0 Å². The van der Waals surface area contributed by atoms with Crippen LogP contribution in [0.4, 0.5) is 0 Å². The largest absolute Gasteiger partial charge is 0.317 e. The SMILES string of the molecule is CCNCCCS(=O)(=O)N(CC)C1CCCCC1.